The largest absolute Gasteiger partial charge is 0.493 e. The standard InChI is InChI=1S/C14H13NO2/c1-2-17-14-6-4-3-5-13(14)12-7-11(10-16)8-15-9-12/h3-10H,2H2,1H3. The van der Waals surface area contributed by atoms with Crippen molar-refractivity contribution in [1.29, 1.82) is 0 Å². The van der Waals surface area contributed by atoms with Gasteiger partial charge in [-0.25, -0.2) is 0 Å². The predicted molar refractivity (Wildman–Crippen MR) is 66.2 cm³/mol. The molecule has 0 atom stereocenters. The first kappa shape index (κ1) is 11.3. The van der Waals surface area contributed by atoms with Crippen molar-refractivity contribution >= 4 is 6.29 Å². The first-order chi connectivity index (χ1) is 8.35. The average Bonchev–Trinajstić information content (AvgIpc) is 2.40. The molecule has 2 rings (SSSR count). The summed E-state index contributed by atoms with van der Waals surface area (Å²) in [5, 5.41) is 0. The first-order valence-electron chi connectivity index (χ1n) is 5.47. The van der Waals surface area contributed by atoms with E-state index < -0.39 is 0 Å². The number of pyridine rings is 1. The van der Waals surface area contributed by atoms with Gasteiger partial charge in [-0.05, 0) is 19.1 Å². The van der Waals surface area contributed by atoms with E-state index in [0.717, 1.165) is 23.2 Å². The van der Waals surface area contributed by atoms with Gasteiger partial charge in [0.2, 0.25) is 0 Å². The Morgan fingerprint density at radius 3 is 2.88 bits per heavy atom. The highest BCUT2D eigenvalue weighted by atomic mass is 16.5. The van der Waals surface area contributed by atoms with Crippen molar-refractivity contribution < 1.29 is 9.53 Å². The van der Waals surface area contributed by atoms with Crippen LogP contribution in [0.5, 0.6) is 5.75 Å². The van der Waals surface area contributed by atoms with Gasteiger partial charge in [-0.3, -0.25) is 9.78 Å². The smallest absolute Gasteiger partial charge is 0.151 e. The van der Waals surface area contributed by atoms with E-state index in [1.807, 2.05) is 31.2 Å². The Labute approximate surface area is 100 Å². The zero-order chi connectivity index (χ0) is 12.1. The number of hydrogen-bond donors (Lipinski definition) is 0. The molecule has 0 saturated heterocycles. The molecular formula is C14H13NO2. The zero-order valence-corrected chi connectivity index (χ0v) is 9.59. The molecule has 86 valence electrons. The minimum Gasteiger partial charge on any atom is -0.493 e. The van der Waals surface area contributed by atoms with Crippen molar-refractivity contribution in [2.24, 2.45) is 0 Å². The van der Waals surface area contributed by atoms with Gasteiger partial charge in [-0.2, -0.15) is 0 Å². The number of aldehydes is 1. The van der Waals surface area contributed by atoms with Gasteiger partial charge in [0.1, 0.15) is 5.75 Å². The first-order valence-corrected chi connectivity index (χ1v) is 5.47. The van der Waals surface area contributed by atoms with E-state index in [0.29, 0.717) is 12.2 Å². The summed E-state index contributed by atoms with van der Waals surface area (Å²) in [6.45, 7) is 2.55. The van der Waals surface area contributed by atoms with Crippen LogP contribution in [0, 0.1) is 0 Å². The van der Waals surface area contributed by atoms with Crippen LogP contribution in [0.25, 0.3) is 11.1 Å². The Balaban J connectivity index is 2.47. The molecule has 0 unspecified atom stereocenters. The SMILES string of the molecule is CCOc1ccccc1-c1cncc(C=O)c1. The van der Waals surface area contributed by atoms with Gasteiger partial charge >= 0.3 is 0 Å². The van der Waals surface area contributed by atoms with Crippen molar-refractivity contribution in [3.8, 4) is 16.9 Å². The van der Waals surface area contributed by atoms with Gasteiger partial charge < -0.3 is 4.74 Å². The minimum absolute atomic E-state index is 0.564. The number of para-hydroxylation sites is 1. The summed E-state index contributed by atoms with van der Waals surface area (Å²) < 4.78 is 5.55. The summed E-state index contributed by atoms with van der Waals surface area (Å²) in [4.78, 5) is 14.8. The van der Waals surface area contributed by atoms with Crippen molar-refractivity contribution in [2.45, 2.75) is 6.92 Å². The Hall–Kier alpha value is -2.16. The number of carbonyl (C=O) groups excluding carboxylic acids is 1. The highest BCUT2D eigenvalue weighted by molar-refractivity contribution is 5.79. The third kappa shape index (κ3) is 2.50. The summed E-state index contributed by atoms with van der Waals surface area (Å²) >= 11 is 0. The Morgan fingerprint density at radius 2 is 2.12 bits per heavy atom. The normalized spacial score (nSPS) is 9.94. The van der Waals surface area contributed by atoms with E-state index in [2.05, 4.69) is 4.98 Å². The van der Waals surface area contributed by atoms with Crippen LogP contribution in [0.2, 0.25) is 0 Å². The number of aromatic nitrogens is 1. The summed E-state index contributed by atoms with van der Waals surface area (Å²) in [5.41, 5.74) is 2.40. The second kappa shape index (κ2) is 5.25. The zero-order valence-electron chi connectivity index (χ0n) is 9.59. The molecular weight excluding hydrogens is 214 g/mol. The van der Waals surface area contributed by atoms with Gasteiger partial charge in [-0.15, -0.1) is 0 Å². The molecule has 0 saturated carbocycles. The van der Waals surface area contributed by atoms with Crippen LogP contribution in [-0.4, -0.2) is 17.9 Å². The van der Waals surface area contributed by atoms with Crippen LogP contribution in [0.1, 0.15) is 17.3 Å². The molecule has 0 spiro atoms. The molecule has 0 fully saturated rings. The topological polar surface area (TPSA) is 39.2 Å². The van der Waals surface area contributed by atoms with Gasteiger partial charge in [0.15, 0.2) is 6.29 Å². The monoisotopic (exact) mass is 227 g/mol. The van der Waals surface area contributed by atoms with Crippen LogP contribution < -0.4 is 4.74 Å². The highest BCUT2D eigenvalue weighted by Crippen LogP contribution is 2.29. The van der Waals surface area contributed by atoms with E-state index in [4.69, 9.17) is 4.74 Å². The molecule has 0 aliphatic heterocycles. The Kier molecular flexibility index (Phi) is 3.50. The Morgan fingerprint density at radius 1 is 1.29 bits per heavy atom. The molecule has 3 nitrogen and oxygen atoms in total. The summed E-state index contributed by atoms with van der Waals surface area (Å²) in [5.74, 6) is 0.805. The maximum absolute atomic E-state index is 10.7. The van der Waals surface area contributed by atoms with Crippen LogP contribution in [0.3, 0.4) is 0 Å². The molecule has 0 bridgehead atoms. The molecule has 1 heterocycles. The fraction of sp³-hybridized carbons (Fsp3) is 0.143. The molecule has 0 aliphatic rings. The number of hydrogen-bond acceptors (Lipinski definition) is 3. The molecule has 1 aromatic carbocycles. The lowest BCUT2D eigenvalue weighted by Crippen LogP contribution is -1.94. The lowest BCUT2D eigenvalue weighted by atomic mass is 10.1. The number of carbonyl (C=O) groups is 1. The lowest BCUT2D eigenvalue weighted by Gasteiger charge is -2.09. The third-order valence-electron chi connectivity index (χ3n) is 2.39. The van der Waals surface area contributed by atoms with Crippen molar-refractivity contribution in [2.75, 3.05) is 6.61 Å². The van der Waals surface area contributed by atoms with Gasteiger partial charge in [0.05, 0.1) is 6.61 Å². The Bertz CT molecular complexity index is 523. The number of nitrogens with zero attached hydrogens (tertiary/aromatic N) is 1. The molecule has 17 heavy (non-hydrogen) atoms. The molecule has 0 radical (unpaired) electrons. The third-order valence-corrected chi connectivity index (χ3v) is 2.39. The van der Waals surface area contributed by atoms with Crippen molar-refractivity contribution in [3.63, 3.8) is 0 Å². The maximum Gasteiger partial charge on any atom is 0.151 e. The lowest BCUT2D eigenvalue weighted by molar-refractivity contribution is 0.112. The van der Waals surface area contributed by atoms with Crippen molar-refractivity contribution in [1.82, 2.24) is 4.98 Å². The summed E-state index contributed by atoms with van der Waals surface area (Å²) in [6.07, 6.45) is 4.06. The van der Waals surface area contributed by atoms with Crippen molar-refractivity contribution in [3.05, 3.63) is 48.3 Å². The summed E-state index contributed by atoms with van der Waals surface area (Å²) in [6, 6.07) is 9.53. The number of rotatable bonds is 4. The molecule has 0 amide bonds. The molecule has 0 N–H and O–H groups in total. The van der Waals surface area contributed by atoms with Gasteiger partial charge in [0.25, 0.3) is 0 Å². The fourth-order valence-corrected chi connectivity index (χ4v) is 1.66. The second-order valence-corrected chi connectivity index (χ2v) is 3.55. The maximum atomic E-state index is 10.7. The molecule has 2 aromatic rings. The van der Waals surface area contributed by atoms with Crippen LogP contribution in [0.15, 0.2) is 42.7 Å². The quantitative estimate of drug-likeness (QED) is 0.754. The van der Waals surface area contributed by atoms with Crippen LogP contribution in [-0.2, 0) is 0 Å². The van der Waals surface area contributed by atoms with Gasteiger partial charge in [0, 0.05) is 29.1 Å². The van der Waals surface area contributed by atoms with E-state index in [9.17, 15) is 4.79 Å². The van der Waals surface area contributed by atoms with E-state index in [1.165, 1.54) is 0 Å². The summed E-state index contributed by atoms with van der Waals surface area (Å²) in [7, 11) is 0. The molecule has 0 aliphatic carbocycles. The highest BCUT2D eigenvalue weighted by Gasteiger charge is 2.06. The average molecular weight is 227 g/mol. The minimum atomic E-state index is 0.564. The van der Waals surface area contributed by atoms with Crippen LogP contribution in [0.4, 0.5) is 0 Å². The van der Waals surface area contributed by atoms with Gasteiger partial charge in [-0.1, -0.05) is 18.2 Å². The second-order valence-electron chi connectivity index (χ2n) is 3.55. The van der Waals surface area contributed by atoms with E-state index in [-0.39, 0.29) is 0 Å². The fourth-order valence-electron chi connectivity index (χ4n) is 1.66. The molecule has 1 aromatic heterocycles. The number of benzene rings is 1. The van der Waals surface area contributed by atoms with Crippen LogP contribution >= 0.6 is 0 Å². The predicted octanol–water partition coefficient (Wildman–Crippen LogP) is 2.96. The van der Waals surface area contributed by atoms with E-state index in [1.54, 1.807) is 18.5 Å². The van der Waals surface area contributed by atoms with E-state index >= 15 is 0 Å². The number of ether oxygens (including phenoxy) is 1. The molecule has 3 heteroatoms.